The molecule has 1 aliphatic rings. The van der Waals surface area contributed by atoms with Crippen molar-refractivity contribution in [3.05, 3.63) is 101 Å². The Morgan fingerprint density at radius 3 is 2.27 bits per heavy atom. The van der Waals surface area contributed by atoms with Crippen LogP contribution in [0.1, 0.15) is 17.0 Å². The lowest BCUT2D eigenvalue weighted by molar-refractivity contribution is 0.404. The van der Waals surface area contributed by atoms with Gasteiger partial charge in [-0.3, -0.25) is 0 Å². The summed E-state index contributed by atoms with van der Waals surface area (Å²) in [7, 11) is -0.676. The molecule has 0 aliphatic carbocycles. The highest BCUT2D eigenvalue weighted by atomic mass is 35.5. The third kappa shape index (κ3) is 5.07. The van der Waals surface area contributed by atoms with E-state index < -0.39 is 15.8 Å². The van der Waals surface area contributed by atoms with Crippen molar-refractivity contribution in [2.24, 2.45) is 9.50 Å². The number of hydrazone groups is 1. The normalized spacial score (nSPS) is 16.6. The minimum atomic E-state index is -4.08. The zero-order valence-electron chi connectivity index (χ0n) is 18.1. The summed E-state index contributed by atoms with van der Waals surface area (Å²) < 4.78 is 43.2. The first kappa shape index (κ1) is 22.9. The predicted molar refractivity (Wildman–Crippen MR) is 129 cm³/mol. The Bertz CT molecular complexity index is 1290. The van der Waals surface area contributed by atoms with Crippen LogP contribution in [0.25, 0.3) is 0 Å². The minimum Gasteiger partial charge on any atom is -0.347 e. The van der Waals surface area contributed by atoms with E-state index in [0.29, 0.717) is 11.6 Å². The van der Waals surface area contributed by atoms with Gasteiger partial charge in [0.2, 0.25) is 5.96 Å². The maximum atomic E-state index is 13.3. The Morgan fingerprint density at radius 1 is 1.03 bits per heavy atom. The molecule has 0 saturated heterocycles. The van der Waals surface area contributed by atoms with Crippen molar-refractivity contribution in [2.75, 3.05) is 20.6 Å². The fourth-order valence-electron chi connectivity index (χ4n) is 3.58. The van der Waals surface area contributed by atoms with Crippen molar-refractivity contribution in [3.8, 4) is 0 Å². The molecule has 6 nitrogen and oxygen atoms in total. The number of guanidine groups is 1. The van der Waals surface area contributed by atoms with Gasteiger partial charge in [0.1, 0.15) is 5.82 Å². The summed E-state index contributed by atoms with van der Waals surface area (Å²) >= 11 is 6.07. The highest BCUT2D eigenvalue weighted by Crippen LogP contribution is 2.30. The first-order valence-corrected chi connectivity index (χ1v) is 12.0. The van der Waals surface area contributed by atoms with Crippen LogP contribution in [0.2, 0.25) is 5.02 Å². The van der Waals surface area contributed by atoms with Crippen molar-refractivity contribution in [2.45, 2.75) is 10.8 Å². The predicted octanol–water partition coefficient (Wildman–Crippen LogP) is 4.59. The maximum absolute atomic E-state index is 13.3. The van der Waals surface area contributed by atoms with E-state index in [9.17, 15) is 12.8 Å². The van der Waals surface area contributed by atoms with Crippen LogP contribution in [0.3, 0.4) is 0 Å². The Hall–Kier alpha value is -3.23. The van der Waals surface area contributed by atoms with Gasteiger partial charge < -0.3 is 4.90 Å². The lowest BCUT2D eigenvalue weighted by atomic mass is 9.91. The Labute approximate surface area is 197 Å². The highest BCUT2D eigenvalue weighted by Gasteiger charge is 2.33. The van der Waals surface area contributed by atoms with Crippen LogP contribution >= 0.6 is 11.6 Å². The fraction of sp³-hybridized carbons (Fsp3) is 0.167. The number of hydrogen-bond donors (Lipinski definition) is 0. The number of benzene rings is 3. The van der Waals surface area contributed by atoms with E-state index >= 15 is 0 Å². The standard InChI is InChI=1S/C24H22ClFN4O2S/c1-29(2)24(28-33(31,32)21-14-12-20(26)13-15-21)30-16-22(17-6-4-3-5-7-17)23(27-30)18-8-10-19(25)11-9-18/h3-15,22H,16H2,1-2H3/b28-24+. The van der Waals surface area contributed by atoms with Gasteiger partial charge in [-0.05, 0) is 47.5 Å². The Kier molecular flexibility index (Phi) is 6.49. The molecule has 0 spiro atoms. The molecule has 4 rings (SSSR count). The monoisotopic (exact) mass is 484 g/mol. The molecule has 0 fully saturated rings. The Balaban J connectivity index is 1.77. The molecule has 0 aromatic heterocycles. The molecule has 3 aromatic carbocycles. The van der Waals surface area contributed by atoms with Gasteiger partial charge in [0.15, 0.2) is 0 Å². The minimum absolute atomic E-state index is 0.0936. The first-order chi connectivity index (χ1) is 15.7. The molecule has 3 aromatic rings. The molecular weight excluding hydrogens is 463 g/mol. The van der Waals surface area contributed by atoms with Gasteiger partial charge in [-0.25, -0.2) is 9.40 Å². The van der Waals surface area contributed by atoms with Crippen LogP contribution < -0.4 is 0 Å². The summed E-state index contributed by atoms with van der Waals surface area (Å²) in [6.45, 7) is 0.401. The van der Waals surface area contributed by atoms with Gasteiger partial charge in [0.05, 0.1) is 17.2 Å². The molecule has 1 heterocycles. The third-order valence-electron chi connectivity index (χ3n) is 5.20. The van der Waals surface area contributed by atoms with Gasteiger partial charge in [-0.1, -0.05) is 54.1 Å². The SMILES string of the molecule is CN(C)/C(=N\S(=O)(=O)c1ccc(F)cc1)N1CC(c2ccccc2)C(c2ccc(Cl)cc2)=N1. The van der Waals surface area contributed by atoms with E-state index in [1.165, 1.54) is 12.1 Å². The van der Waals surface area contributed by atoms with Gasteiger partial charge in [-0.2, -0.15) is 13.5 Å². The molecule has 33 heavy (non-hydrogen) atoms. The molecule has 0 amide bonds. The summed E-state index contributed by atoms with van der Waals surface area (Å²) in [4.78, 5) is 1.50. The van der Waals surface area contributed by atoms with Crippen molar-refractivity contribution < 1.29 is 12.8 Å². The smallest absolute Gasteiger partial charge is 0.285 e. The van der Waals surface area contributed by atoms with Crippen LogP contribution in [-0.4, -0.2) is 50.6 Å². The van der Waals surface area contributed by atoms with Crippen molar-refractivity contribution in [1.29, 1.82) is 0 Å². The molecule has 170 valence electrons. The maximum Gasteiger partial charge on any atom is 0.285 e. The second-order valence-corrected chi connectivity index (χ2v) is 9.79. The number of nitrogens with zero attached hydrogens (tertiary/aromatic N) is 4. The molecule has 0 N–H and O–H groups in total. The summed E-state index contributed by atoms with van der Waals surface area (Å²) in [6.07, 6.45) is 0. The number of sulfonamides is 1. The van der Waals surface area contributed by atoms with Crippen molar-refractivity contribution in [3.63, 3.8) is 0 Å². The van der Waals surface area contributed by atoms with Gasteiger partial charge >= 0.3 is 0 Å². The van der Waals surface area contributed by atoms with Crippen LogP contribution in [0.5, 0.6) is 0 Å². The van der Waals surface area contributed by atoms with Crippen LogP contribution in [0.4, 0.5) is 4.39 Å². The largest absolute Gasteiger partial charge is 0.347 e. The topological polar surface area (TPSA) is 65.3 Å². The molecule has 9 heteroatoms. The van der Waals surface area contributed by atoms with Crippen molar-refractivity contribution in [1.82, 2.24) is 9.91 Å². The quantitative estimate of drug-likeness (QED) is 0.401. The molecule has 0 saturated carbocycles. The molecule has 1 atom stereocenters. The van der Waals surface area contributed by atoms with Crippen LogP contribution in [0, 0.1) is 5.82 Å². The lowest BCUT2D eigenvalue weighted by Crippen LogP contribution is -2.37. The van der Waals surface area contributed by atoms with Crippen molar-refractivity contribution >= 4 is 33.3 Å². The molecule has 0 radical (unpaired) electrons. The van der Waals surface area contributed by atoms with E-state index in [2.05, 4.69) is 4.40 Å². The highest BCUT2D eigenvalue weighted by molar-refractivity contribution is 7.90. The van der Waals surface area contributed by atoms with E-state index in [4.69, 9.17) is 16.7 Å². The van der Waals surface area contributed by atoms with E-state index in [1.807, 2.05) is 42.5 Å². The number of hydrogen-bond acceptors (Lipinski definition) is 3. The van der Waals surface area contributed by atoms with Crippen LogP contribution in [-0.2, 0) is 10.0 Å². The average molecular weight is 485 g/mol. The summed E-state index contributed by atoms with van der Waals surface area (Å²) in [5.74, 6) is -0.469. The zero-order chi connectivity index (χ0) is 23.6. The van der Waals surface area contributed by atoms with E-state index in [0.717, 1.165) is 29.0 Å². The fourth-order valence-corrected chi connectivity index (χ4v) is 4.76. The molecular formula is C24H22ClFN4O2S. The van der Waals surface area contributed by atoms with Gasteiger partial charge in [0.25, 0.3) is 10.0 Å². The van der Waals surface area contributed by atoms with Crippen LogP contribution in [0.15, 0.2) is 93.3 Å². The molecule has 0 bridgehead atoms. The summed E-state index contributed by atoms with van der Waals surface area (Å²) in [6, 6.07) is 21.8. The van der Waals surface area contributed by atoms with Gasteiger partial charge in [-0.15, -0.1) is 4.40 Å². The number of halogens is 2. The Morgan fingerprint density at radius 2 is 1.67 bits per heavy atom. The van der Waals surface area contributed by atoms with Gasteiger partial charge in [0, 0.05) is 25.0 Å². The number of rotatable bonds is 4. The molecule has 1 aliphatic heterocycles. The first-order valence-electron chi connectivity index (χ1n) is 10.2. The van der Waals surface area contributed by atoms with E-state index in [1.54, 1.807) is 36.1 Å². The van der Waals surface area contributed by atoms with E-state index in [-0.39, 0.29) is 16.8 Å². The second-order valence-electron chi connectivity index (χ2n) is 7.75. The molecule has 1 unspecified atom stereocenters. The lowest BCUT2D eigenvalue weighted by Gasteiger charge is -2.23. The summed E-state index contributed by atoms with van der Waals surface area (Å²) in [5, 5.41) is 6.97. The average Bonchev–Trinajstić information content (AvgIpc) is 3.24. The second kappa shape index (κ2) is 9.33. The zero-order valence-corrected chi connectivity index (χ0v) is 19.6. The summed E-state index contributed by atoms with van der Waals surface area (Å²) in [5.41, 5.74) is 2.72. The third-order valence-corrected chi connectivity index (χ3v) is 6.72.